The molecule has 10 heteroatoms. The Hall–Kier alpha value is -3.69. The quantitative estimate of drug-likeness (QED) is 0.576. The monoisotopic (exact) mass is 427 g/mol. The minimum absolute atomic E-state index is 0.0586. The Labute approximate surface area is 179 Å². The third-order valence-electron chi connectivity index (χ3n) is 4.89. The SMILES string of the molecule is CC(C)C(NC(=O)OCc1ccccc1)C(=O)NC1Cc2nccn2CNC(=O)C1=O. The van der Waals surface area contributed by atoms with Crippen molar-refractivity contribution in [2.75, 3.05) is 0 Å². The molecule has 0 bridgehead atoms. The number of fused-ring (bicyclic) bond motifs is 1. The van der Waals surface area contributed by atoms with Gasteiger partial charge in [0.1, 0.15) is 24.5 Å². The summed E-state index contributed by atoms with van der Waals surface area (Å²) in [7, 11) is 0. The highest BCUT2D eigenvalue weighted by molar-refractivity contribution is 6.38. The molecule has 1 aromatic heterocycles. The number of alkyl carbamates (subject to hydrolysis) is 1. The van der Waals surface area contributed by atoms with Crippen LogP contribution in [0.25, 0.3) is 0 Å². The van der Waals surface area contributed by atoms with Crippen molar-refractivity contribution >= 4 is 23.7 Å². The largest absolute Gasteiger partial charge is 0.445 e. The minimum Gasteiger partial charge on any atom is -0.445 e. The van der Waals surface area contributed by atoms with Gasteiger partial charge < -0.3 is 25.3 Å². The van der Waals surface area contributed by atoms with Crippen LogP contribution in [0, 0.1) is 5.92 Å². The topological polar surface area (TPSA) is 131 Å². The number of ketones is 1. The lowest BCUT2D eigenvalue weighted by Crippen LogP contribution is -2.56. The fourth-order valence-electron chi connectivity index (χ4n) is 3.16. The second-order valence-corrected chi connectivity index (χ2v) is 7.53. The van der Waals surface area contributed by atoms with Crippen molar-refractivity contribution in [3.8, 4) is 0 Å². The Morgan fingerprint density at radius 3 is 2.71 bits per heavy atom. The standard InChI is InChI=1S/C21H25N5O5/c1-13(2)17(25-21(30)31-11-14-6-4-3-5-7-14)19(28)24-15-10-16-22-8-9-26(16)12-23-20(29)18(15)27/h3-9,13,15,17H,10-12H2,1-2H3,(H,23,29)(H,24,28)(H,25,30). The van der Waals surface area contributed by atoms with Crippen molar-refractivity contribution in [1.29, 1.82) is 0 Å². The summed E-state index contributed by atoms with van der Waals surface area (Å²) in [4.78, 5) is 53.8. The molecule has 0 saturated carbocycles. The molecule has 0 spiro atoms. The van der Waals surface area contributed by atoms with Gasteiger partial charge in [-0.2, -0.15) is 0 Å². The van der Waals surface area contributed by atoms with Gasteiger partial charge >= 0.3 is 6.09 Å². The molecule has 2 aromatic rings. The predicted octanol–water partition coefficient (Wildman–Crippen LogP) is 0.518. The van der Waals surface area contributed by atoms with Crippen LogP contribution in [0.2, 0.25) is 0 Å². The van der Waals surface area contributed by atoms with Gasteiger partial charge in [-0.1, -0.05) is 44.2 Å². The van der Waals surface area contributed by atoms with Gasteiger partial charge in [0.25, 0.3) is 5.91 Å². The van der Waals surface area contributed by atoms with E-state index in [1.165, 1.54) is 0 Å². The first kappa shape index (κ1) is 22.0. The van der Waals surface area contributed by atoms with E-state index in [4.69, 9.17) is 4.74 Å². The van der Waals surface area contributed by atoms with Crippen LogP contribution in [-0.2, 0) is 38.8 Å². The number of benzene rings is 1. The van der Waals surface area contributed by atoms with Crippen LogP contribution >= 0.6 is 0 Å². The van der Waals surface area contributed by atoms with Gasteiger partial charge in [0.05, 0.1) is 6.67 Å². The molecule has 0 saturated heterocycles. The summed E-state index contributed by atoms with van der Waals surface area (Å²) >= 11 is 0. The maximum atomic E-state index is 12.9. The zero-order valence-corrected chi connectivity index (χ0v) is 17.3. The Morgan fingerprint density at radius 1 is 1.26 bits per heavy atom. The molecule has 3 amide bonds. The molecule has 1 aromatic carbocycles. The molecule has 2 heterocycles. The van der Waals surface area contributed by atoms with Crippen LogP contribution < -0.4 is 16.0 Å². The van der Waals surface area contributed by atoms with Gasteiger partial charge in [0.15, 0.2) is 0 Å². The zero-order chi connectivity index (χ0) is 22.4. The summed E-state index contributed by atoms with van der Waals surface area (Å²) in [5, 5.41) is 7.61. The molecule has 3 rings (SSSR count). The lowest BCUT2D eigenvalue weighted by atomic mass is 10.0. The number of rotatable bonds is 6. The number of nitrogens with zero attached hydrogens (tertiary/aromatic N) is 2. The second-order valence-electron chi connectivity index (χ2n) is 7.53. The smallest absolute Gasteiger partial charge is 0.408 e. The van der Waals surface area contributed by atoms with E-state index in [1.54, 1.807) is 30.8 Å². The maximum Gasteiger partial charge on any atom is 0.408 e. The fourth-order valence-corrected chi connectivity index (χ4v) is 3.16. The van der Waals surface area contributed by atoms with Crippen LogP contribution in [0.3, 0.4) is 0 Å². The number of amides is 3. The van der Waals surface area contributed by atoms with Crippen molar-refractivity contribution in [3.05, 3.63) is 54.1 Å². The van der Waals surface area contributed by atoms with Gasteiger partial charge in [-0.05, 0) is 11.5 Å². The number of hydrogen-bond donors (Lipinski definition) is 3. The molecule has 2 unspecified atom stereocenters. The number of Topliss-reactive ketones (excluding diaryl/α,β-unsaturated/α-hetero) is 1. The fraction of sp³-hybridized carbons (Fsp3) is 0.381. The molecular formula is C21H25N5O5. The lowest BCUT2D eigenvalue weighted by Gasteiger charge is -2.25. The highest BCUT2D eigenvalue weighted by Crippen LogP contribution is 2.09. The van der Waals surface area contributed by atoms with E-state index in [0.717, 1.165) is 5.56 Å². The first-order chi connectivity index (χ1) is 14.8. The number of aromatic nitrogens is 2. The third-order valence-corrected chi connectivity index (χ3v) is 4.89. The Bertz CT molecular complexity index is 956. The number of hydrogen-bond acceptors (Lipinski definition) is 6. The van der Waals surface area contributed by atoms with E-state index in [2.05, 4.69) is 20.9 Å². The third kappa shape index (κ3) is 5.68. The Balaban J connectivity index is 1.64. The minimum atomic E-state index is -1.10. The van der Waals surface area contributed by atoms with E-state index >= 15 is 0 Å². The van der Waals surface area contributed by atoms with Gasteiger partial charge in [-0.15, -0.1) is 0 Å². The molecule has 10 nitrogen and oxygen atoms in total. The molecular weight excluding hydrogens is 402 g/mol. The second kappa shape index (κ2) is 9.88. The van der Waals surface area contributed by atoms with Gasteiger partial charge in [-0.3, -0.25) is 14.4 Å². The molecule has 1 aliphatic heterocycles. The molecule has 164 valence electrons. The summed E-state index contributed by atoms with van der Waals surface area (Å²) in [6.45, 7) is 3.69. The average Bonchev–Trinajstić information content (AvgIpc) is 3.19. The first-order valence-electron chi connectivity index (χ1n) is 9.94. The molecule has 1 aliphatic rings. The molecule has 0 fully saturated rings. The highest BCUT2D eigenvalue weighted by atomic mass is 16.5. The van der Waals surface area contributed by atoms with Gasteiger partial charge in [-0.25, -0.2) is 9.78 Å². The number of imidazole rings is 1. The normalized spacial score (nSPS) is 17.1. The van der Waals surface area contributed by atoms with Crippen molar-refractivity contribution in [3.63, 3.8) is 0 Å². The summed E-state index contributed by atoms with van der Waals surface area (Å²) in [5.41, 5.74) is 0.810. The molecule has 31 heavy (non-hydrogen) atoms. The zero-order valence-electron chi connectivity index (χ0n) is 17.3. The van der Waals surface area contributed by atoms with Crippen LogP contribution in [0.5, 0.6) is 0 Å². The van der Waals surface area contributed by atoms with Crippen LogP contribution in [0.1, 0.15) is 25.2 Å². The molecule has 3 N–H and O–H groups in total. The van der Waals surface area contributed by atoms with E-state index < -0.39 is 35.8 Å². The number of carbonyl (C=O) groups excluding carboxylic acids is 4. The van der Waals surface area contributed by atoms with E-state index in [0.29, 0.717) is 5.82 Å². The number of ether oxygens (including phenoxy) is 1. The van der Waals surface area contributed by atoms with E-state index in [9.17, 15) is 19.2 Å². The van der Waals surface area contributed by atoms with Crippen molar-refractivity contribution in [2.24, 2.45) is 5.92 Å². The number of carbonyl (C=O) groups is 4. The first-order valence-corrected chi connectivity index (χ1v) is 9.94. The number of nitrogens with one attached hydrogen (secondary N) is 3. The Kier molecular flexibility index (Phi) is 7.01. The maximum absolute atomic E-state index is 12.9. The lowest BCUT2D eigenvalue weighted by molar-refractivity contribution is -0.140. The highest BCUT2D eigenvalue weighted by Gasteiger charge is 2.33. The van der Waals surface area contributed by atoms with E-state index in [-0.39, 0.29) is 25.6 Å². The average molecular weight is 427 g/mol. The summed E-state index contributed by atoms with van der Waals surface area (Å²) < 4.78 is 6.87. The van der Waals surface area contributed by atoms with Gasteiger partial charge in [0.2, 0.25) is 11.7 Å². The molecule has 0 aliphatic carbocycles. The molecule has 0 radical (unpaired) electrons. The van der Waals surface area contributed by atoms with Crippen LogP contribution in [-0.4, -0.2) is 45.3 Å². The summed E-state index contributed by atoms with van der Waals surface area (Å²) in [6.07, 6.45) is 2.53. The summed E-state index contributed by atoms with van der Waals surface area (Å²) in [5.74, 6) is -1.88. The predicted molar refractivity (Wildman–Crippen MR) is 109 cm³/mol. The van der Waals surface area contributed by atoms with Crippen LogP contribution in [0.4, 0.5) is 4.79 Å². The van der Waals surface area contributed by atoms with Crippen molar-refractivity contribution < 1.29 is 23.9 Å². The van der Waals surface area contributed by atoms with Crippen molar-refractivity contribution in [1.82, 2.24) is 25.5 Å². The molecule has 2 atom stereocenters. The van der Waals surface area contributed by atoms with Crippen molar-refractivity contribution in [2.45, 2.75) is 45.6 Å². The van der Waals surface area contributed by atoms with E-state index in [1.807, 2.05) is 30.3 Å². The summed E-state index contributed by atoms with van der Waals surface area (Å²) in [6, 6.07) is 7.08. The Morgan fingerprint density at radius 2 is 2.00 bits per heavy atom. The van der Waals surface area contributed by atoms with Gasteiger partial charge in [0, 0.05) is 18.8 Å². The van der Waals surface area contributed by atoms with Crippen LogP contribution in [0.15, 0.2) is 42.7 Å².